The second-order valence-corrected chi connectivity index (χ2v) is 8.89. The van der Waals surface area contributed by atoms with Crippen molar-refractivity contribution >= 4 is 44.8 Å². The number of benzene rings is 1. The number of aliphatic hydroxyl groups excluding tert-OH is 1. The zero-order valence-electron chi connectivity index (χ0n) is 16.9. The second-order valence-electron chi connectivity index (χ2n) is 7.14. The van der Waals surface area contributed by atoms with Crippen LogP contribution in [0.3, 0.4) is 0 Å². The van der Waals surface area contributed by atoms with E-state index in [0.29, 0.717) is 22.9 Å². The van der Waals surface area contributed by atoms with E-state index in [9.17, 15) is 8.42 Å². The maximum Gasteiger partial charge on any atom is 0.321 e. The van der Waals surface area contributed by atoms with E-state index in [-0.39, 0.29) is 25.2 Å². The highest BCUT2D eigenvalue weighted by Gasteiger charge is 2.22. The monoisotopic (exact) mass is 409 g/mol. The van der Waals surface area contributed by atoms with E-state index >= 15 is 0 Å². The fourth-order valence-electron chi connectivity index (χ4n) is 3.13. The molecule has 1 aromatic rings. The number of aliphatic hydroxyl groups is 1. The maximum atomic E-state index is 11.9. The summed E-state index contributed by atoms with van der Waals surface area (Å²) < 4.78 is 27.7. The predicted octanol–water partition coefficient (Wildman–Crippen LogP) is 1.12. The van der Waals surface area contributed by atoms with Gasteiger partial charge in [-0.25, -0.2) is 13.4 Å². The van der Waals surface area contributed by atoms with Crippen LogP contribution in [0.4, 0.5) is 17.1 Å². The highest BCUT2D eigenvalue weighted by atomic mass is 32.2. The molecule has 0 aliphatic carbocycles. The van der Waals surface area contributed by atoms with E-state index in [2.05, 4.69) is 47.4 Å². The smallest absolute Gasteiger partial charge is 0.321 e. The molecule has 0 unspecified atom stereocenters. The number of aliphatic imine (C=N–C) groups is 1. The zero-order valence-corrected chi connectivity index (χ0v) is 17.7. The maximum absolute atomic E-state index is 11.9. The minimum Gasteiger partial charge on any atom is -0.392 e. The average molecular weight is 410 g/mol. The lowest BCUT2D eigenvalue weighted by Gasteiger charge is -2.33. The van der Waals surface area contributed by atoms with Crippen LogP contribution in [0.15, 0.2) is 28.3 Å². The Morgan fingerprint density at radius 1 is 1.29 bits per heavy atom. The number of hydrogen-bond donors (Lipinski definition) is 3. The van der Waals surface area contributed by atoms with Gasteiger partial charge in [-0.3, -0.25) is 10.5 Å². The highest BCUT2D eigenvalue weighted by Crippen LogP contribution is 2.32. The Labute approximate surface area is 166 Å². The number of rotatable bonds is 8. The number of sulfonamides is 1. The number of β-amino-alcohol motifs (C(OH)–C–C–N with tert-alkyl or cyclic N) is 1. The first-order chi connectivity index (χ1) is 13.0. The molecule has 0 bridgehead atoms. The molecule has 154 valence electrons. The molecule has 1 aromatic carbocycles. The summed E-state index contributed by atoms with van der Waals surface area (Å²) in [4.78, 5) is 6.67. The third-order valence-electron chi connectivity index (χ3n) is 4.10. The molecular weight excluding hydrogens is 380 g/mol. The predicted molar refractivity (Wildman–Crippen MR) is 115 cm³/mol. The standard InChI is InChI=1S/C18H28N6O3S/c1-12(2)24(13(3)4)14-6-7-15(16(10-14)22-28(5,26)27)21-17-11-20-23(8-9-25)18(17)19/h6-7,10-13,25H,8-9H2,1-5H3,(H2,19,20,22)/p+1. The lowest BCUT2D eigenvalue weighted by Crippen LogP contribution is -2.37. The van der Waals surface area contributed by atoms with E-state index in [4.69, 9.17) is 10.8 Å². The molecule has 0 fully saturated rings. The van der Waals surface area contributed by atoms with Gasteiger partial charge in [0.15, 0.2) is 5.71 Å². The van der Waals surface area contributed by atoms with Gasteiger partial charge in [0, 0.05) is 17.8 Å². The minimum absolute atomic E-state index is 0.0961. The Balaban J connectivity index is 2.53. The summed E-state index contributed by atoms with van der Waals surface area (Å²) in [6.45, 7) is 8.49. The van der Waals surface area contributed by atoms with Crippen LogP contribution in [0.2, 0.25) is 0 Å². The summed E-state index contributed by atoms with van der Waals surface area (Å²) in [5.74, 6) is 0.300. The van der Waals surface area contributed by atoms with Gasteiger partial charge >= 0.3 is 5.84 Å². The summed E-state index contributed by atoms with van der Waals surface area (Å²) in [5.41, 5.74) is 8.10. The van der Waals surface area contributed by atoms with Crippen LogP contribution in [0.5, 0.6) is 0 Å². The largest absolute Gasteiger partial charge is 0.392 e. The Bertz CT molecular complexity index is 911. The summed E-state index contributed by atoms with van der Waals surface area (Å²) in [5, 5.41) is 13.1. The molecule has 0 radical (unpaired) electrons. The molecule has 28 heavy (non-hydrogen) atoms. The fourth-order valence-corrected chi connectivity index (χ4v) is 3.69. The third kappa shape index (κ3) is 5.29. The van der Waals surface area contributed by atoms with Crippen LogP contribution >= 0.6 is 0 Å². The molecule has 2 rings (SSSR count). The van der Waals surface area contributed by atoms with Crippen LogP contribution in [-0.2, 0) is 10.0 Å². The summed E-state index contributed by atoms with van der Waals surface area (Å²) in [7, 11) is -3.50. The number of anilines is 2. The molecule has 0 spiro atoms. The minimum atomic E-state index is -3.50. The highest BCUT2D eigenvalue weighted by molar-refractivity contribution is 7.92. The van der Waals surface area contributed by atoms with Crippen molar-refractivity contribution in [2.24, 2.45) is 15.8 Å². The van der Waals surface area contributed by atoms with E-state index in [1.165, 1.54) is 10.9 Å². The fraction of sp³-hybridized carbons (Fsp3) is 0.500. The van der Waals surface area contributed by atoms with E-state index in [1.54, 1.807) is 12.1 Å². The SMILES string of the molecule is CC(C)N(c1ccc(N=C2C=N[N+](CCO)=C2N)c(NS(C)(=O)=O)c1)C(C)C. The zero-order chi connectivity index (χ0) is 21.1. The van der Waals surface area contributed by atoms with Crippen molar-refractivity contribution in [3.05, 3.63) is 18.2 Å². The van der Waals surface area contributed by atoms with Crippen molar-refractivity contribution < 1.29 is 18.2 Å². The van der Waals surface area contributed by atoms with Gasteiger partial charge in [-0.15, -0.1) is 4.68 Å². The first-order valence-electron chi connectivity index (χ1n) is 9.07. The van der Waals surface area contributed by atoms with E-state index in [1.807, 2.05) is 6.07 Å². The van der Waals surface area contributed by atoms with Crippen LogP contribution in [0.1, 0.15) is 27.7 Å². The van der Waals surface area contributed by atoms with Gasteiger partial charge in [0.25, 0.3) is 0 Å². The first kappa shape index (κ1) is 21.8. The quantitative estimate of drug-likeness (QED) is 0.555. The van der Waals surface area contributed by atoms with Gasteiger partial charge < -0.3 is 10.0 Å². The molecule has 9 nitrogen and oxygen atoms in total. The lowest BCUT2D eigenvalue weighted by atomic mass is 10.1. The van der Waals surface area contributed by atoms with Gasteiger partial charge in [-0.1, -0.05) is 5.10 Å². The molecule has 0 saturated carbocycles. The van der Waals surface area contributed by atoms with Gasteiger partial charge in [0.05, 0.1) is 24.2 Å². The molecular formula is C18H29N6O3S+. The molecule has 1 aliphatic rings. The van der Waals surface area contributed by atoms with E-state index in [0.717, 1.165) is 11.9 Å². The molecule has 10 heteroatoms. The van der Waals surface area contributed by atoms with Crippen molar-refractivity contribution in [1.82, 2.24) is 0 Å². The van der Waals surface area contributed by atoms with Gasteiger partial charge in [-0.2, -0.15) is 0 Å². The topological polar surface area (TPSA) is 123 Å². The van der Waals surface area contributed by atoms with Crippen molar-refractivity contribution in [3.8, 4) is 0 Å². The molecule has 0 amide bonds. The Hall–Kier alpha value is -2.46. The molecule has 0 aromatic heterocycles. The van der Waals surface area contributed by atoms with Crippen molar-refractivity contribution in [2.75, 3.05) is 29.0 Å². The van der Waals surface area contributed by atoms with Crippen molar-refractivity contribution in [2.45, 2.75) is 39.8 Å². The molecule has 4 N–H and O–H groups in total. The Morgan fingerprint density at radius 2 is 1.93 bits per heavy atom. The van der Waals surface area contributed by atoms with E-state index < -0.39 is 10.0 Å². The number of hydrazone groups is 1. The normalized spacial score (nSPS) is 15.9. The number of amidine groups is 1. The van der Waals surface area contributed by atoms with Crippen LogP contribution in [0, 0.1) is 0 Å². The average Bonchev–Trinajstić information content (AvgIpc) is 2.89. The van der Waals surface area contributed by atoms with Crippen LogP contribution < -0.4 is 15.4 Å². The van der Waals surface area contributed by atoms with Gasteiger partial charge in [-0.05, 0) is 45.9 Å². The summed E-state index contributed by atoms with van der Waals surface area (Å²) in [6, 6.07) is 5.90. The van der Waals surface area contributed by atoms with Crippen LogP contribution in [-0.4, -0.2) is 67.5 Å². The summed E-state index contributed by atoms with van der Waals surface area (Å²) >= 11 is 0. The number of hydrogen-bond acceptors (Lipinski definition) is 7. The van der Waals surface area contributed by atoms with Gasteiger partial charge in [0.2, 0.25) is 10.0 Å². The molecule has 1 heterocycles. The number of nitrogens with zero attached hydrogens (tertiary/aromatic N) is 4. The summed E-state index contributed by atoms with van der Waals surface area (Å²) in [6.07, 6.45) is 2.58. The van der Waals surface area contributed by atoms with Crippen molar-refractivity contribution in [1.29, 1.82) is 0 Å². The van der Waals surface area contributed by atoms with Crippen molar-refractivity contribution in [3.63, 3.8) is 0 Å². The molecule has 0 saturated heterocycles. The first-order valence-corrected chi connectivity index (χ1v) is 11.0. The molecule has 1 aliphatic heterocycles. The second kappa shape index (κ2) is 8.70. The Kier molecular flexibility index (Phi) is 6.78. The molecule has 0 atom stereocenters. The number of nitrogens with two attached hydrogens (primary N) is 1. The van der Waals surface area contributed by atoms with Gasteiger partial charge in [0.1, 0.15) is 12.8 Å². The third-order valence-corrected chi connectivity index (χ3v) is 4.69. The van der Waals surface area contributed by atoms with Crippen LogP contribution in [0.25, 0.3) is 0 Å². The number of nitrogens with one attached hydrogen (secondary N) is 1. The lowest BCUT2D eigenvalue weighted by molar-refractivity contribution is -0.532. The Morgan fingerprint density at radius 3 is 2.46 bits per heavy atom.